The zero-order valence-electron chi connectivity index (χ0n) is 18.5. The van der Waals surface area contributed by atoms with E-state index in [1.165, 1.54) is 6.42 Å². The summed E-state index contributed by atoms with van der Waals surface area (Å²) in [7, 11) is 0. The fraction of sp³-hybridized carbons (Fsp3) is 0.440. The highest BCUT2D eigenvalue weighted by Gasteiger charge is 2.18. The maximum absolute atomic E-state index is 13.0. The lowest BCUT2D eigenvalue weighted by molar-refractivity contribution is 0.0857. The molecular formula is C25H31BrN2O4. The lowest BCUT2D eigenvalue weighted by Crippen LogP contribution is -2.31. The van der Waals surface area contributed by atoms with Gasteiger partial charge in [-0.1, -0.05) is 48.2 Å². The standard InChI is InChI=1S/C25H31BrN2O4/c1-2-3-4-5-13-32-23-12-11-19(26)16-22(23)25(30)28-20-9-6-8-18(15-20)24(29)27-17-21-10-7-14-31-21/h6,8-9,11-12,15-16,21H,2-5,7,10,13-14,17H2,1H3,(H,27,29)(H,28,30). The zero-order valence-corrected chi connectivity index (χ0v) is 20.1. The number of amides is 2. The average Bonchev–Trinajstić information content (AvgIpc) is 3.32. The molecule has 1 atom stereocenters. The number of benzene rings is 2. The SMILES string of the molecule is CCCCCCOc1ccc(Br)cc1C(=O)Nc1cccc(C(=O)NCC2CCCO2)c1. The van der Waals surface area contributed by atoms with Gasteiger partial charge in [0.1, 0.15) is 5.75 Å². The van der Waals surface area contributed by atoms with Gasteiger partial charge in [-0.3, -0.25) is 9.59 Å². The van der Waals surface area contributed by atoms with Gasteiger partial charge in [0.15, 0.2) is 0 Å². The molecule has 32 heavy (non-hydrogen) atoms. The first kappa shape index (κ1) is 24.3. The second kappa shape index (κ2) is 12.6. The summed E-state index contributed by atoms with van der Waals surface area (Å²) in [5.74, 6) is 0.0783. The molecule has 172 valence electrons. The second-order valence-electron chi connectivity index (χ2n) is 7.93. The van der Waals surface area contributed by atoms with E-state index in [0.717, 1.165) is 43.2 Å². The molecule has 1 fully saturated rings. The van der Waals surface area contributed by atoms with Crippen molar-refractivity contribution in [3.05, 3.63) is 58.1 Å². The van der Waals surface area contributed by atoms with E-state index in [4.69, 9.17) is 9.47 Å². The normalized spacial score (nSPS) is 15.4. The van der Waals surface area contributed by atoms with Crippen molar-refractivity contribution >= 4 is 33.4 Å². The van der Waals surface area contributed by atoms with Gasteiger partial charge >= 0.3 is 0 Å². The van der Waals surface area contributed by atoms with Gasteiger partial charge < -0.3 is 20.1 Å². The summed E-state index contributed by atoms with van der Waals surface area (Å²) in [6, 6.07) is 12.3. The fourth-order valence-corrected chi connectivity index (χ4v) is 3.93. The van der Waals surface area contributed by atoms with Gasteiger partial charge in [0.25, 0.3) is 11.8 Å². The van der Waals surface area contributed by atoms with Crippen LogP contribution in [0.1, 0.15) is 66.2 Å². The Morgan fingerprint density at radius 1 is 1.12 bits per heavy atom. The van der Waals surface area contributed by atoms with E-state index in [9.17, 15) is 9.59 Å². The third-order valence-corrected chi connectivity index (χ3v) is 5.83. The zero-order chi connectivity index (χ0) is 22.8. The van der Waals surface area contributed by atoms with Gasteiger partial charge in [-0.2, -0.15) is 0 Å². The molecule has 1 aliphatic heterocycles. The molecule has 0 aromatic heterocycles. The molecule has 6 nitrogen and oxygen atoms in total. The average molecular weight is 503 g/mol. The Morgan fingerprint density at radius 2 is 2.00 bits per heavy atom. The lowest BCUT2D eigenvalue weighted by Gasteiger charge is -2.13. The molecule has 7 heteroatoms. The minimum Gasteiger partial charge on any atom is -0.493 e. The Kier molecular flexibility index (Phi) is 9.56. The molecule has 2 amide bonds. The van der Waals surface area contributed by atoms with Crippen molar-refractivity contribution in [1.82, 2.24) is 5.32 Å². The number of halogens is 1. The van der Waals surface area contributed by atoms with Crippen LogP contribution in [0, 0.1) is 0 Å². The Balaban J connectivity index is 1.61. The van der Waals surface area contributed by atoms with E-state index >= 15 is 0 Å². The molecule has 0 bridgehead atoms. The van der Waals surface area contributed by atoms with E-state index in [0.29, 0.717) is 35.7 Å². The molecule has 2 aromatic carbocycles. The second-order valence-corrected chi connectivity index (χ2v) is 8.85. The van der Waals surface area contributed by atoms with Crippen LogP contribution >= 0.6 is 15.9 Å². The molecule has 0 aliphatic carbocycles. The van der Waals surface area contributed by atoms with Crippen molar-refractivity contribution in [2.45, 2.75) is 51.6 Å². The van der Waals surface area contributed by atoms with E-state index in [2.05, 4.69) is 33.5 Å². The Bertz CT molecular complexity index is 913. The van der Waals surface area contributed by atoms with Crippen molar-refractivity contribution in [2.24, 2.45) is 0 Å². The first-order chi connectivity index (χ1) is 15.6. The number of anilines is 1. The van der Waals surface area contributed by atoms with E-state index < -0.39 is 0 Å². The van der Waals surface area contributed by atoms with Gasteiger partial charge in [0.2, 0.25) is 0 Å². The Morgan fingerprint density at radius 3 is 2.78 bits per heavy atom. The van der Waals surface area contributed by atoms with Crippen LogP contribution in [0.2, 0.25) is 0 Å². The summed E-state index contributed by atoms with van der Waals surface area (Å²) in [5.41, 5.74) is 1.49. The van der Waals surface area contributed by atoms with Crippen molar-refractivity contribution in [3.63, 3.8) is 0 Å². The maximum Gasteiger partial charge on any atom is 0.259 e. The minimum atomic E-state index is -0.285. The van der Waals surface area contributed by atoms with Gasteiger partial charge in [-0.25, -0.2) is 0 Å². The Hall–Kier alpha value is -2.38. The highest BCUT2D eigenvalue weighted by atomic mass is 79.9. The molecule has 0 saturated carbocycles. The van der Waals surface area contributed by atoms with E-state index in [-0.39, 0.29) is 17.9 Å². The predicted molar refractivity (Wildman–Crippen MR) is 129 cm³/mol. The van der Waals surface area contributed by atoms with Crippen LogP contribution in [0.25, 0.3) is 0 Å². The molecule has 1 saturated heterocycles. The van der Waals surface area contributed by atoms with Crippen LogP contribution in [-0.2, 0) is 4.74 Å². The van der Waals surface area contributed by atoms with E-state index in [1.54, 1.807) is 36.4 Å². The molecule has 0 spiro atoms. The number of unbranched alkanes of at least 4 members (excludes halogenated alkanes) is 3. The first-order valence-corrected chi connectivity index (χ1v) is 12.1. The topological polar surface area (TPSA) is 76.7 Å². The van der Waals surface area contributed by atoms with Crippen molar-refractivity contribution in [2.75, 3.05) is 25.1 Å². The number of ether oxygens (including phenoxy) is 2. The molecule has 0 radical (unpaired) electrons. The smallest absolute Gasteiger partial charge is 0.259 e. The predicted octanol–water partition coefficient (Wildman–Crippen LogP) is 5.57. The van der Waals surface area contributed by atoms with Crippen LogP contribution in [0.15, 0.2) is 46.9 Å². The number of carbonyl (C=O) groups excluding carboxylic acids is 2. The lowest BCUT2D eigenvalue weighted by atomic mass is 10.1. The summed E-state index contributed by atoms with van der Waals surface area (Å²) in [6.45, 7) is 3.98. The monoisotopic (exact) mass is 502 g/mol. The fourth-order valence-electron chi connectivity index (χ4n) is 3.57. The van der Waals surface area contributed by atoms with Crippen LogP contribution < -0.4 is 15.4 Å². The number of hydrogen-bond acceptors (Lipinski definition) is 4. The molecule has 2 N–H and O–H groups in total. The van der Waals surface area contributed by atoms with Gasteiger partial charge in [-0.15, -0.1) is 0 Å². The van der Waals surface area contributed by atoms with Gasteiger partial charge in [0.05, 0.1) is 18.3 Å². The summed E-state index contributed by atoms with van der Waals surface area (Å²) < 4.78 is 12.2. The molecule has 1 aliphatic rings. The Labute approximate surface area is 198 Å². The first-order valence-electron chi connectivity index (χ1n) is 11.3. The number of carbonyl (C=O) groups is 2. The number of rotatable bonds is 11. The van der Waals surface area contributed by atoms with E-state index in [1.807, 2.05) is 6.07 Å². The van der Waals surface area contributed by atoms with Crippen LogP contribution in [0.4, 0.5) is 5.69 Å². The highest BCUT2D eigenvalue weighted by molar-refractivity contribution is 9.10. The van der Waals surface area contributed by atoms with Crippen LogP contribution in [-0.4, -0.2) is 37.7 Å². The number of nitrogens with one attached hydrogen (secondary N) is 2. The summed E-state index contributed by atoms with van der Waals surface area (Å²) in [6.07, 6.45) is 6.48. The molecule has 2 aromatic rings. The van der Waals surface area contributed by atoms with Crippen molar-refractivity contribution < 1.29 is 19.1 Å². The number of hydrogen-bond donors (Lipinski definition) is 2. The highest BCUT2D eigenvalue weighted by Crippen LogP contribution is 2.25. The van der Waals surface area contributed by atoms with Crippen LogP contribution in [0.3, 0.4) is 0 Å². The van der Waals surface area contributed by atoms with Gasteiger partial charge in [-0.05, 0) is 55.7 Å². The maximum atomic E-state index is 13.0. The van der Waals surface area contributed by atoms with Crippen LogP contribution in [0.5, 0.6) is 5.75 Å². The third-order valence-electron chi connectivity index (χ3n) is 5.34. The quantitative estimate of drug-likeness (QED) is 0.393. The molecule has 3 rings (SSSR count). The van der Waals surface area contributed by atoms with Crippen molar-refractivity contribution in [3.8, 4) is 5.75 Å². The third kappa shape index (κ3) is 7.35. The van der Waals surface area contributed by atoms with Crippen molar-refractivity contribution in [1.29, 1.82) is 0 Å². The largest absolute Gasteiger partial charge is 0.493 e. The minimum absolute atomic E-state index is 0.0822. The molecule has 1 unspecified atom stereocenters. The summed E-state index contributed by atoms with van der Waals surface area (Å²) in [5, 5.41) is 5.79. The molecular weight excluding hydrogens is 472 g/mol. The molecule has 1 heterocycles. The van der Waals surface area contributed by atoms with Gasteiger partial charge in [0, 0.05) is 28.9 Å². The summed E-state index contributed by atoms with van der Waals surface area (Å²) >= 11 is 3.43. The summed E-state index contributed by atoms with van der Waals surface area (Å²) in [4.78, 5) is 25.5.